The summed E-state index contributed by atoms with van der Waals surface area (Å²) in [6.45, 7) is 0.426. The fraction of sp³-hybridized carbons (Fsp3) is 0.118. The Hall–Kier alpha value is -2.17. The van der Waals surface area contributed by atoms with E-state index in [2.05, 4.69) is 5.32 Å². The van der Waals surface area contributed by atoms with E-state index >= 15 is 0 Å². The van der Waals surface area contributed by atoms with E-state index < -0.39 is 5.63 Å². The topological polar surface area (TPSA) is 51.5 Å². The highest BCUT2D eigenvalue weighted by Crippen LogP contribution is 2.27. The smallest absolute Gasteiger partial charge is 0.336 e. The zero-order valence-corrected chi connectivity index (χ0v) is 13.7. The van der Waals surface area contributed by atoms with E-state index in [0.29, 0.717) is 27.9 Å². The summed E-state index contributed by atoms with van der Waals surface area (Å²) in [6, 6.07) is 12.0. The van der Waals surface area contributed by atoms with Crippen molar-refractivity contribution in [2.24, 2.45) is 0 Å². The van der Waals surface area contributed by atoms with Gasteiger partial charge in [-0.25, -0.2) is 4.79 Å². The van der Waals surface area contributed by atoms with Crippen molar-refractivity contribution in [3.05, 3.63) is 68.5 Å². The summed E-state index contributed by atoms with van der Waals surface area (Å²) in [4.78, 5) is 11.7. The molecule has 0 unspecified atom stereocenters. The molecule has 1 aromatic heterocycles. The fourth-order valence-electron chi connectivity index (χ4n) is 2.31. The molecule has 0 aliphatic rings. The number of nitrogens with one attached hydrogen (secondary N) is 1. The third-order valence-corrected chi connectivity index (χ3v) is 3.99. The molecule has 0 saturated carbocycles. The third kappa shape index (κ3) is 3.44. The van der Waals surface area contributed by atoms with Crippen LogP contribution in [-0.2, 0) is 6.54 Å². The lowest BCUT2D eigenvalue weighted by atomic mass is 10.1. The molecule has 6 heteroatoms. The van der Waals surface area contributed by atoms with Crippen molar-refractivity contribution in [2.75, 3.05) is 12.4 Å². The predicted octanol–water partition coefficient (Wildman–Crippen LogP) is 4.72. The minimum Gasteiger partial charge on any atom is -0.497 e. The van der Waals surface area contributed by atoms with E-state index in [0.717, 1.165) is 16.6 Å². The second-order valence-corrected chi connectivity index (χ2v) is 5.77. The van der Waals surface area contributed by atoms with Crippen molar-refractivity contribution in [3.8, 4) is 5.75 Å². The standard InChI is InChI=1S/C17H13Cl2NO3/c1-22-12-3-4-13-10(6-17(21)23-16(13)8-12)9-20-15-5-2-11(18)7-14(15)19/h2-8,20H,9H2,1H3. The average Bonchev–Trinajstić information content (AvgIpc) is 2.53. The number of rotatable bonds is 4. The van der Waals surface area contributed by atoms with Crippen LogP contribution in [0.15, 0.2) is 51.7 Å². The average molecular weight is 350 g/mol. The maximum absolute atomic E-state index is 11.7. The van der Waals surface area contributed by atoms with Crippen LogP contribution in [0.2, 0.25) is 10.0 Å². The van der Waals surface area contributed by atoms with Gasteiger partial charge in [-0.2, -0.15) is 0 Å². The van der Waals surface area contributed by atoms with Gasteiger partial charge in [0.2, 0.25) is 0 Å². The summed E-state index contributed by atoms with van der Waals surface area (Å²) < 4.78 is 10.4. The number of anilines is 1. The molecule has 23 heavy (non-hydrogen) atoms. The summed E-state index contributed by atoms with van der Waals surface area (Å²) in [5, 5.41) is 5.13. The van der Waals surface area contributed by atoms with Crippen LogP contribution in [0.1, 0.15) is 5.56 Å². The maximum Gasteiger partial charge on any atom is 0.336 e. The van der Waals surface area contributed by atoms with Crippen LogP contribution in [0.5, 0.6) is 5.75 Å². The van der Waals surface area contributed by atoms with Crippen LogP contribution in [-0.4, -0.2) is 7.11 Å². The Morgan fingerprint density at radius 1 is 1.13 bits per heavy atom. The number of ether oxygens (including phenoxy) is 1. The minimum absolute atomic E-state index is 0.412. The number of methoxy groups -OCH3 is 1. The highest BCUT2D eigenvalue weighted by molar-refractivity contribution is 6.36. The second-order valence-electron chi connectivity index (χ2n) is 4.93. The minimum atomic E-state index is -0.412. The largest absolute Gasteiger partial charge is 0.497 e. The molecule has 0 atom stereocenters. The van der Waals surface area contributed by atoms with E-state index in [9.17, 15) is 4.79 Å². The van der Waals surface area contributed by atoms with E-state index in [-0.39, 0.29) is 0 Å². The van der Waals surface area contributed by atoms with E-state index in [4.69, 9.17) is 32.4 Å². The van der Waals surface area contributed by atoms with Gasteiger partial charge in [-0.3, -0.25) is 0 Å². The molecule has 1 N–H and O–H groups in total. The monoisotopic (exact) mass is 349 g/mol. The molecule has 0 aliphatic carbocycles. The third-order valence-electron chi connectivity index (χ3n) is 3.44. The number of hydrogen-bond acceptors (Lipinski definition) is 4. The molecule has 0 fully saturated rings. The van der Waals surface area contributed by atoms with Gasteiger partial charge in [-0.05, 0) is 35.9 Å². The summed E-state index contributed by atoms with van der Waals surface area (Å²) in [7, 11) is 1.56. The van der Waals surface area contributed by atoms with Gasteiger partial charge in [0.25, 0.3) is 0 Å². The predicted molar refractivity (Wildman–Crippen MR) is 92.8 cm³/mol. The SMILES string of the molecule is COc1ccc2c(CNc3ccc(Cl)cc3Cl)cc(=O)oc2c1. The molecule has 1 heterocycles. The van der Waals surface area contributed by atoms with Crippen LogP contribution >= 0.6 is 23.2 Å². The van der Waals surface area contributed by atoms with Gasteiger partial charge in [0.1, 0.15) is 11.3 Å². The van der Waals surface area contributed by atoms with Gasteiger partial charge in [0.15, 0.2) is 0 Å². The molecular formula is C17H13Cl2NO3. The lowest BCUT2D eigenvalue weighted by Gasteiger charge is -2.11. The van der Waals surface area contributed by atoms with E-state index in [1.54, 1.807) is 31.4 Å². The maximum atomic E-state index is 11.7. The lowest BCUT2D eigenvalue weighted by molar-refractivity contribution is 0.414. The van der Waals surface area contributed by atoms with Crippen LogP contribution in [0, 0.1) is 0 Å². The Labute approximate surface area is 142 Å². The molecule has 3 aromatic rings. The molecule has 0 amide bonds. The number of fused-ring (bicyclic) bond motifs is 1. The zero-order chi connectivity index (χ0) is 16.4. The molecule has 0 aliphatic heterocycles. The second kappa shape index (κ2) is 6.52. The Balaban J connectivity index is 1.94. The quantitative estimate of drug-likeness (QED) is 0.692. The van der Waals surface area contributed by atoms with Crippen molar-refractivity contribution >= 4 is 39.9 Å². The van der Waals surface area contributed by atoms with E-state index in [1.807, 2.05) is 12.1 Å². The molecule has 0 radical (unpaired) electrons. The molecule has 118 valence electrons. The van der Waals surface area contributed by atoms with Gasteiger partial charge in [-0.15, -0.1) is 0 Å². The Kier molecular flexibility index (Phi) is 4.46. The van der Waals surface area contributed by atoms with Crippen LogP contribution in [0.4, 0.5) is 5.69 Å². The summed E-state index contributed by atoms with van der Waals surface area (Å²) in [5.74, 6) is 0.631. The Morgan fingerprint density at radius 3 is 2.70 bits per heavy atom. The van der Waals surface area contributed by atoms with Crippen LogP contribution < -0.4 is 15.7 Å². The molecule has 3 rings (SSSR count). The fourth-order valence-corrected chi connectivity index (χ4v) is 2.78. The first-order chi connectivity index (χ1) is 11.1. The highest BCUT2D eigenvalue weighted by Gasteiger charge is 2.08. The van der Waals surface area contributed by atoms with Crippen molar-refractivity contribution in [3.63, 3.8) is 0 Å². The molecule has 0 saturated heterocycles. The summed E-state index contributed by atoms with van der Waals surface area (Å²) >= 11 is 12.0. The molecule has 0 spiro atoms. The molecule has 2 aromatic carbocycles. The van der Waals surface area contributed by atoms with Gasteiger partial charge in [-0.1, -0.05) is 23.2 Å². The van der Waals surface area contributed by atoms with Crippen LogP contribution in [0.25, 0.3) is 11.0 Å². The molecule has 0 bridgehead atoms. The van der Waals surface area contributed by atoms with Gasteiger partial charge in [0.05, 0.1) is 17.8 Å². The van der Waals surface area contributed by atoms with Gasteiger partial charge >= 0.3 is 5.63 Å². The first-order valence-electron chi connectivity index (χ1n) is 6.86. The van der Waals surface area contributed by atoms with Crippen molar-refractivity contribution in [2.45, 2.75) is 6.54 Å². The number of halogens is 2. The molecule has 4 nitrogen and oxygen atoms in total. The van der Waals surface area contributed by atoms with Gasteiger partial charge in [0, 0.05) is 29.1 Å². The number of benzene rings is 2. The summed E-state index contributed by atoms with van der Waals surface area (Å²) in [6.07, 6.45) is 0. The summed E-state index contributed by atoms with van der Waals surface area (Å²) in [5.41, 5.74) is 1.62. The zero-order valence-electron chi connectivity index (χ0n) is 12.2. The first kappa shape index (κ1) is 15.7. The van der Waals surface area contributed by atoms with Crippen LogP contribution in [0.3, 0.4) is 0 Å². The highest BCUT2D eigenvalue weighted by atomic mass is 35.5. The Bertz CT molecular complexity index is 921. The number of hydrogen-bond donors (Lipinski definition) is 1. The van der Waals surface area contributed by atoms with Gasteiger partial charge < -0.3 is 14.5 Å². The Morgan fingerprint density at radius 2 is 1.96 bits per heavy atom. The molecular weight excluding hydrogens is 337 g/mol. The van der Waals surface area contributed by atoms with Crippen molar-refractivity contribution in [1.82, 2.24) is 0 Å². The lowest BCUT2D eigenvalue weighted by Crippen LogP contribution is -2.06. The normalized spacial score (nSPS) is 10.7. The van der Waals surface area contributed by atoms with Crippen molar-refractivity contribution < 1.29 is 9.15 Å². The van der Waals surface area contributed by atoms with E-state index in [1.165, 1.54) is 6.07 Å². The van der Waals surface area contributed by atoms with Crippen molar-refractivity contribution in [1.29, 1.82) is 0 Å². The first-order valence-corrected chi connectivity index (χ1v) is 7.62.